The average Bonchev–Trinajstić information content (AvgIpc) is 2.83. The van der Waals surface area contributed by atoms with Gasteiger partial charge in [0.15, 0.2) is 0 Å². The van der Waals surface area contributed by atoms with Crippen LogP contribution in [-0.4, -0.2) is 21.1 Å². The van der Waals surface area contributed by atoms with Gasteiger partial charge in [-0.2, -0.15) is 0 Å². The summed E-state index contributed by atoms with van der Waals surface area (Å²) in [6, 6.07) is 5.25. The van der Waals surface area contributed by atoms with E-state index >= 15 is 0 Å². The van der Waals surface area contributed by atoms with Crippen molar-refractivity contribution in [3.8, 4) is 0 Å². The zero-order valence-electron chi connectivity index (χ0n) is 13.0. The summed E-state index contributed by atoms with van der Waals surface area (Å²) in [6.07, 6.45) is 1.97. The maximum atomic E-state index is 12.9. The second-order valence-corrected chi connectivity index (χ2v) is 6.24. The molecule has 7 heteroatoms. The van der Waals surface area contributed by atoms with Gasteiger partial charge < -0.3 is 9.47 Å². The third-order valence-electron chi connectivity index (χ3n) is 4.15. The van der Waals surface area contributed by atoms with Crippen LogP contribution in [0.15, 0.2) is 34.0 Å². The molecule has 1 aliphatic rings. The van der Waals surface area contributed by atoms with Gasteiger partial charge >= 0.3 is 5.69 Å². The number of aryl methyl sites for hydroxylation is 1. The van der Waals surface area contributed by atoms with Crippen LogP contribution >= 0.6 is 11.6 Å². The molecule has 6 nitrogen and oxygen atoms in total. The number of amides is 1. The van der Waals surface area contributed by atoms with E-state index in [1.165, 1.54) is 24.9 Å². The van der Waals surface area contributed by atoms with E-state index in [-0.39, 0.29) is 11.6 Å². The van der Waals surface area contributed by atoms with E-state index in [1.54, 1.807) is 17.0 Å². The van der Waals surface area contributed by atoms with Crippen molar-refractivity contribution in [1.29, 1.82) is 0 Å². The monoisotopic (exact) mass is 333 g/mol. The second-order valence-electron chi connectivity index (χ2n) is 5.80. The smallest absolute Gasteiger partial charge is 0.305 e. The predicted octanol–water partition coefficient (Wildman–Crippen LogP) is 1.33. The molecule has 3 rings (SSSR count). The highest BCUT2D eigenvalue weighted by molar-refractivity contribution is 6.30. The van der Waals surface area contributed by atoms with Gasteiger partial charge in [-0.1, -0.05) is 11.6 Å². The summed E-state index contributed by atoms with van der Waals surface area (Å²) in [5.41, 5.74) is 0.646. The number of nitrogens with zero attached hydrogens (tertiary/aromatic N) is 3. The number of aromatic nitrogens is 2. The summed E-state index contributed by atoms with van der Waals surface area (Å²) in [5, 5.41) is 0.614. The van der Waals surface area contributed by atoms with E-state index in [0.717, 1.165) is 15.8 Å². The topological polar surface area (TPSA) is 64.3 Å². The van der Waals surface area contributed by atoms with E-state index in [0.29, 0.717) is 11.4 Å². The molecule has 0 fully saturated rings. The van der Waals surface area contributed by atoms with Crippen LogP contribution in [0.1, 0.15) is 22.8 Å². The fourth-order valence-electron chi connectivity index (χ4n) is 2.99. The molecule has 1 atom stereocenters. The number of anilines is 1. The third kappa shape index (κ3) is 2.39. The van der Waals surface area contributed by atoms with Crippen molar-refractivity contribution in [2.45, 2.75) is 19.4 Å². The third-order valence-corrected chi connectivity index (χ3v) is 4.39. The van der Waals surface area contributed by atoms with Crippen molar-refractivity contribution in [3.63, 3.8) is 0 Å². The quantitative estimate of drug-likeness (QED) is 0.791. The molecule has 2 heterocycles. The zero-order valence-corrected chi connectivity index (χ0v) is 13.8. The first kappa shape index (κ1) is 15.6. The second kappa shape index (κ2) is 5.38. The number of hydrogen-bond donors (Lipinski definition) is 0. The van der Waals surface area contributed by atoms with Gasteiger partial charge in [-0.25, -0.2) is 4.79 Å². The number of carbonyl (C=O) groups is 1. The molecule has 1 unspecified atom stereocenters. The lowest BCUT2D eigenvalue weighted by molar-refractivity contribution is 0.0978. The minimum absolute atomic E-state index is 0.0238. The first-order valence-corrected chi connectivity index (χ1v) is 7.57. The number of hydrogen-bond acceptors (Lipinski definition) is 3. The molecular weight excluding hydrogens is 318 g/mol. The van der Waals surface area contributed by atoms with Gasteiger partial charge in [0.2, 0.25) is 0 Å². The molecule has 2 aromatic rings. The fraction of sp³-hybridized carbons (Fsp3) is 0.312. The fourth-order valence-corrected chi connectivity index (χ4v) is 3.19. The summed E-state index contributed by atoms with van der Waals surface area (Å²) in [4.78, 5) is 38.6. The summed E-state index contributed by atoms with van der Waals surface area (Å²) in [6.45, 7) is 1.91. The molecule has 0 saturated carbocycles. The molecule has 0 spiro atoms. The maximum Gasteiger partial charge on any atom is 0.330 e. The number of carbonyl (C=O) groups excluding carboxylic acids is 1. The summed E-state index contributed by atoms with van der Waals surface area (Å²) < 4.78 is 2.18. The molecule has 0 aliphatic carbocycles. The van der Waals surface area contributed by atoms with Crippen LogP contribution in [0.3, 0.4) is 0 Å². The van der Waals surface area contributed by atoms with Gasteiger partial charge in [0.25, 0.3) is 11.5 Å². The highest BCUT2D eigenvalue weighted by atomic mass is 35.5. The minimum atomic E-state index is -0.590. The molecule has 0 radical (unpaired) electrons. The Morgan fingerprint density at radius 2 is 1.96 bits per heavy atom. The Bertz CT molecular complexity index is 929. The lowest BCUT2D eigenvalue weighted by Crippen LogP contribution is -2.44. The summed E-state index contributed by atoms with van der Waals surface area (Å²) in [5.74, 6) is -0.408. The molecule has 0 N–H and O–H groups in total. The highest BCUT2D eigenvalue weighted by Gasteiger charge is 2.33. The van der Waals surface area contributed by atoms with Crippen LogP contribution in [-0.2, 0) is 20.5 Å². The van der Waals surface area contributed by atoms with E-state index in [9.17, 15) is 14.4 Å². The van der Waals surface area contributed by atoms with Crippen molar-refractivity contribution < 1.29 is 4.79 Å². The number of fused-ring (bicyclic) bond motifs is 1. The zero-order chi connectivity index (χ0) is 16.9. The van der Waals surface area contributed by atoms with Crippen molar-refractivity contribution in [1.82, 2.24) is 9.13 Å². The molecule has 1 aliphatic heterocycles. The average molecular weight is 334 g/mol. The van der Waals surface area contributed by atoms with Crippen LogP contribution in [0.25, 0.3) is 0 Å². The number of halogens is 1. The van der Waals surface area contributed by atoms with E-state index < -0.39 is 17.2 Å². The van der Waals surface area contributed by atoms with Crippen molar-refractivity contribution in [2.75, 3.05) is 4.90 Å². The molecule has 1 aromatic heterocycles. The Kier molecular flexibility index (Phi) is 3.64. The first-order valence-electron chi connectivity index (χ1n) is 7.20. The Morgan fingerprint density at radius 1 is 1.26 bits per heavy atom. The highest BCUT2D eigenvalue weighted by Crippen LogP contribution is 2.34. The Labute approximate surface area is 137 Å². The largest absolute Gasteiger partial charge is 0.330 e. The molecule has 0 bridgehead atoms. The molecular formula is C16H16ClN3O3. The SMILES string of the molecule is CC1Cc2cc(Cl)ccc2N1C(=O)c1cn(C)c(=O)n(C)c1=O. The number of rotatable bonds is 1. The van der Waals surface area contributed by atoms with Gasteiger partial charge in [0.05, 0.1) is 0 Å². The summed E-state index contributed by atoms with van der Waals surface area (Å²) in [7, 11) is 2.88. The molecule has 1 amide bonds. The molecule has 1 aromatic carbocycles. The van der Waals surface area contributed by atoms with Gasteiger partial charge in [0, 0.05) is 37.0 Å². The Balaban J connectivity index is 2.13. The summed E-state index contributed by atoms with van der Waals surface area (Å²) >= 11 is 6.00. The van der Waals surface area contributed by atoms with Crippen LogP contribution < -0.4 is 16.1 Å². The molecule has 23 heavy (non-hydrogen) atoms. The van der Waals surface area contributed by atoms with Crippen molar-refractivity contribution in [2.24, 2.45) is 14.1 Å². The lowest BCUT2D eigenvalue weighted by atomic mass is 10.1. The molecule has 0 saturated heterocycles. The van der Waals surface area contributed by atoms with E-state index in [1.807, 2.05) is 13.0 Å². The van der Waals surface area contributed by atoms with E-state index in [2.05, 4.69) is 0 Å². The lowest BCUT2D eigenvalue weighted by Gasteiger charge is -2.22. The standard InChI is InChI=1S/C16H16ClN3O3/c1-9-6-10-7-11(17)4-5-13(10)20(9)15(22)12-8-18(2)16(23)19(3)14(12)21/h4-5,7-9H,6H2,1-3H3. The van der Waals surface area contributed by atoms with Gasteiger partial charge in [0.1, 0.15) is 5.56 Å². The maximum absolute atomic E-state index is 12.9. The van der Waals surface area contributed by atoms with Crippen LogP contribution in [0, 0.1) is 0 Å². The number of benzene rings is 1. The van der Waals surface area contributed by atoms with Gasteiger partial charge in [-0.05, 0) is 37.1 Å². The van der Waals surface area contributed by atoms with Crippen molar-refractivity contribution >= 4 is 23.2 Å². The van der Waals surface area contributed by atoms with Crippen LogP contribution in [0.4, 0.5) is 5.69 Å². The van der Waals surface area contributed by atoms with Crippen molar-refractivity contribution in [3.05, 3.63) is 61.4 Å². The van der Waals surface area contributed by atoms with E-state index in [4.69, 9.17) is 11.6 Å². The van der Waals surface area contributed by atoms with Gasteiger partial charge in [-0.15, -0.1) is 0 Å². The molecule has 120 valence electrons. The Morgan fingerprint density at radius 3 is 2.65 bits per heavy atom. The van der Waals surface area contributed by atoms with Crippen LogP contribution in [0.5, 0.6) is 0 Å². The normalized spacial score (nSPS) is 16.5. The van der Waals surface area contributed by atoms with Crippen LogP contribution in [0.2, 0.25) is 5.02 Å². The van der Waals surface area contributed by atoms with Gasteiger partial charge in [-0.3, -0.25) is 14.2 Å². The Hall–Kier alpha value is -2.34. The first-order chi connectivity index (χ1) is 10.8. The predicted molar refractivity (Wildman–Crippen MR) is 88.4 cm³/mol. The minimum Gasteiger partial charge on any atom is -0.305 e.